The molecular formula is C14H22N2O4S. The molecule has 0 bridgehead atoms. The Hall–Kier alpha value is -1.44. The lowest BCUT2D eigenvalue weighted by atomic mass is 10.1. The van der Waals surface area contributed by atoms with Crippen LogP contribution >= 0.6 is 0 Å². The van der Waals surface area contributed by atoms with Gasteiger partial charge in [-0.15, -0.1) is 0 Å². The summed E-state index contributed by atoms with van der Waals surface area (Å²) in [5.74, 6) is -0.152. The SMILES string of the molecule is CCN(C(=O)c1ccc(S(N)(=O)=O)cc1C)C(C)COC. The first-order valence-electron chi connectivity index (χ1n) is 6.65. The molecule has 1 aromatic rings. The van der Waals surface area contributed by atoms with E-state index in [0.29, 0.717) is 24.3 Å². The first-order valence-corrected chi connectivity index (χ1v) is 8.20. The van der Waals surface area contributed by atoms with Gasteiger partial charge in [-0.2, -0.15) is 0 Å². The Labute approximate surface area is 125 Å². The molecule has 0 saturated carbocycles. The molecule has 0 aromatic heterocycles. The van der Waals surface area contributed by atoms with Crippen molar-refractivity contribution in [2.45, 2.75) is 31.7 Å². The predicted molar refractivity (Wildman–Crippen MR) is 80.6 cm³/mol. The molecule has 118 valence electrons. The minimum atomic E-state index is -3.76. The van der Waals surface area contributed by atoms with Crippen molar-refractivity contribution in [1.82, 2.24) is 4.90 Å². The summed E-state index contributed by atoms with van der Waals surface area (Å²) in [6.07, 6.45) is 0. The van der Waals surface area contributed by atoms with Gasteiger partial charge in [-0.05, 0) is 44.5 Å². The van der Waals surface area contributed by atoms with Crippen molar-refractivity contribution in [3.8, 4) is 0 Å². The molecule has 1 atom stereocenters. The normalized spacial score (nSPS) is 13.0. The molecule has 0 saturated heterocycles. The van der Waals surface area contributed by atoms with E-state index in [-0.39, 0.29) is 16.8 Å². The van der Waals surface area contributed by atoms with E-state index in [1.807, 2.05) is 13.8 Å². The molecule has 0 aliphatic carbocycles. The van der Waals surface area contributed by atoms with Crippen LogP contribution in [0.25, 0.3) is 0 Å². The number of amides is 1. The second kappa shape index (κ2) is 7.02. The zero-order valence-corrected chi connectivity index (χ0v) is 13.6. The lowest BCUT2D eigenvalue weighted by Crippen LogP contribution is -2.41. The van der Waals surface area contributed by atoms with Gasteiger partial charge in [0.25, 0.3) is 5.91 Å². The van der Waals surface area contributed by atoms with Gasteiger partial charge in [0.15, 0.2) is 0 Å². The molecule has 0 radical (unpaired) electrons. The molecule has 0 aliphatic heterocycles. The van der Waals surface area contributed by atoms with Gasteiger partial charge in [0.2, 0.25) is 10.0 Å². The number of rotatable bonds is 6. The molecule has 1 aromatic carbocycles. The third-order valence-corrected chi connectivity index (χ3v) is 4.21. The summed E-state index contributed by atoms with van der Waals surface area (Å²) in [6.45, 7) is 6.46. The number of benzene rings is 1. The number of methoxy groups -OCH3 is 1. The molecule has 1 amide bonds. The van der Waals surface area contributed by atoms with Crippen LogP contribution in [0.5, 0.6) is 0 Å². The van der Waals surface area contributed by atoms with Crippen molar-refractivity contribution in [3.05, 3.63) is 29.3 Å². The highest BCUT2D eigenvalue weighted by Crippen LogP contribution is 2.17. The maximum Gasteiger partial charge on any atom is 0.254 e. The highest BCUT2D eigenvalue weighted by molar-refractivity contribution is 7.89. The van der Waals surface area contributed by atoms with Gasteiger partial charge in [-0.3, -0.25) is 4.79 Å². The minimum Gasteiger partial charge on any atom is -0.383 e. The maximum absolute atomic E-state index is 12.6. The number of ether oxygens (including phenoxy) is 1. The van der Waals surface area contributed by atoms with Gasteiger partial charge in [0.05, 0.1) is 17.5 Å². The summed E-state index contributed by atoms with van der Waals surface area (Å²) >= 11 is 0. The van der Waals surface area contributed by atoms with Crippen molar-refractivity contribution >= 4 is 15.9 Å². The number of carbonyl (C=O) groups excluding carboxylic acids is 1. The number of aryl methyl sites for hydroxylation is 1. The lowest BCUT2D eigenvalue weighted by molar-refractivity contribution is 0.0578. The second-order valence-corrected chi connectivity index (χ2v) is 6.48. The number of hydrogen-bond acceptors (Lipinski definition) is 4. The molecule has 0 fully saturated rings. The van der Waals surface area contributed by atoms with Crippen molar-refractivity contribution in [3.63, 3.8) is 0 Å². The number of hydrogen-bond donors (Lipinski definition) is 1. The first kappa shape index (κ1) is 17.6. The Balaban J connectivity index is 3.12. The van der Waals surface area contributed by atoms with Gasteiger partial charge >= 0.3 is 0 Å². The zero-order chi connectivity index (χ0) is 16.2. The monoisotopic (exact) mass is 314 g/mol. The van der Waals surface area contributed by atoms with Crippen LogP contribution < -0.4 is 5.14 Å². The van der Waals surface area contributed by atoms with Gasteiger partial charge in [-0.1, -0.05) is 0 Å². The van der Waals surface area contributed by atoms with E-state index in [1.54, 1.807) is 18.9 Å². The number of carbonyl (C=O) groups is 1. The van der Waals surface area contributed by atoms with Crippen molar-refractivity contribution in [2.75, 3.05) is 20.3 Å². The second-order valence-electron chi connectivity index (χ2n) is 4.92. The molecule has 0 spiro atoms. The third-order valence-electron chi connectivity index (χ3n) is 3.30. The molecule has 0 heterocycles. The van der Waals surface area contributed by atoms with Crippen LogP contribution in [-0.4, -0.2) is 45.5 Å². The molecule has 7 heteroatoms. The predicted octanol–water partition coefficient (Wildman–Crippen LogP) is 1.14. The number of nitrogens with two attached hydrogens (primary N) is 1. The van der Waals surface area contributed by atoms with E-state index >= 15 is 0 Å². The van der Waals surface area contributed by atoms with Crippen LogP contribution in [-0.2, 0) is 14.8 Å². The zero-order valence-electron chi connectivity index (χ0n) is 12.8. The van der Waals surface area contributed by atoms with Crippen LogP contribution in [0.1, 0.15) is 29.8 Å². The first-order chi connectivity index (χ1) is 9.72. The molecule has 21 heavy (non-hydrogen) atoms. The summed E-state index contributed by atoms with van der Waals surface area (Å²) < 4.78 is 27.7. The van der Waals surface area contributed by atoms with Crippen LogP contribution in [0, 0.1) is 6.92 Å². The Kier molecular flexibility index (Phi) is 5.88. The lowest BCUT2D eigenvalue weighted by Gasteiger charge is -2.28. The van der Waals surface area contributed by atoms with Gasteiger partial charge < -0.3 is 9.64 Å². The summed E-state index contributed by atoms with van der Waals surface area (Å²) in [7, 11) is -2.18. The Morgan fingerprint density at radius 1 is 1.43 bits per heavy atom. The largest absolute Gasteiger partial charge is 0.383 e. The fourth-order valence-electron chi connectivity index (χ4n) is 2.19. The fraction of sp³-hybridized carbons (Fsp3) is 0.500. The van der Waals surface area contributed by atoms with E-state index in [2.05, 4.69) is 0 Å². The summed E-state index contributed by atoms with van der Waals surface area (Å²) in [5.41, 5.74) is 1.04. The molecule has 2 N–H and O–H groups in total. The molecule has 6 nitrogen and oxygen atoms in total. The minimum absolute atomic E-state index is 0.00420. The number of primary sulfonamides is 1. The van der Waals surface area contributed by atoms with E-state index in [9.17, 15) is 13.2 Å². The maximum atomic E-state index is 12.6. The third kappa shape index (κ3) is 4.26. The Bertz CT molecular complexity index is 613. The van der Waals surface area contributed by atoms with E-state index in [1.165, 1.54) is 18.2 Å². The van der Waals surface area contributed by atoms with Crippen LogP contribution in [0.3, 0.4) is 0 Å². The number of likely N-dealkylation sites (N-methyl/N-ethyl adjacent to an activating group) is 1. The van der Waals surface area contributed by atoms with E-state index < -0.39 is 10.0 Å². The van der Waals surface area contributed by atoms with Crippen molar-refractivity contribution < 1.29 is 17.9 Å². The highest BCUT2D eigenvalue weighted by Gasteiger charge is 2.22. The Morgan fingerprint density at radius 2 is 2.05 bits per heavy atom. The Morgan fingerprint density at radius 3 is 2.48 bits per heavy atom. The summed E-state index contributed by atoms with van der Waals surface area (Å²) in [5, 5.41) is 5.09. The highest BCUT2D eigenvalue weighted by atomic mass is 32.2. The fourth-order valence-corrected chi connectivity index (χ4v) is 2.79. The van der Waals surface area contributed by atoms with Crippen molar-refractivity contribution in [1.29, 1.82) is 0 Å². The van der Waals surface area contributed by atoms with Gasteiger partial charge in [-0.25, -0.2) is 13.6 Å². The van der Waals surface area contributed by atoms with Gasteiger partial charge in [0.1, 0.15) is 0 Å². The quantitative estimate of drug-likeness (QED) is 0.852. The number of sulfonamides is 1. The topological polar surface area (TPSA) is 89.7 Å². The average molecular weight is 314 g/mol. The smallest absolute Gasteiger partial charge is 0.254 e. The summed E-state index contributed by atoms with van der Waals surface area (Å²) in [6, 6.07) is 4.20. The summed E-state index contributed by atoms with van der Waals surface area (Å²) in [4.78, 5) is 14.3. The standard InChI is InChI=1S/C14H22N2O4S/c1-5-16(11(3)9-20-4)14(17)13-7-6-12(8-10(13)2)21(15,18)19/h6-8,11H,5,9H2,1-4H3,(H2,15,18,19). The van der Waals surface area contributed by atoms with Crippen LogP contribution in [0.2, 0.25) is 0 Å². The van der Waals surface area contributed by atoms with E-state index in [4.69, 9.17) is 9.88 Å². The van der Waals surface area contributed by atoms with Crippen molar-refractivity contribution in [2.24, 2.45) is 5.14 Å². The molecule has 0 aliphatic rings. The molecular weight excluding hydrogens is 292 g/mol. The average Bonchev–Trinajstić information content (AvgIpc) is 2.38. The van der Waals surface area contributed by atoms with Crippen LogP contribution in [0.4, 0.5) is 0 Å². The van der Waals surface area contributed by atoms with E-state index in [0.717, 1.165) is 0 Å². The van der Waals surface area contributed by atoms with Gasteiger partial charge in [0, 0.05) is 19.2 Å². The molecule has 1 unspecified atom stereocenters. The molecule has 1 rings (SSSR count). The van der Waals surface area contributed by atoms with Crippen LogP contribution in [0.15, 0.2) is 23.1 Å². The number of nitrogens with zero attached hydrogens (tertiary/aromatic N) is 1.